The van der Waals surface area contributed by atoms with Crippen LogP contribution in [0, 0.1) is 0 Å². The number of amides is 1. The summed E-state index contributed by atoms with van der Waals surface area (Å²) in [5, 5.41) is 20.2. The lowest BCUT2D eigenvalue weighted by Gasteiger charge is -2.21. The molecule has 38 heavy (non-hydrogen) atoms. The number of methoxy groups -OCH3 is 1. The molecule has 1 amide bonds. The van der Waals surface area contributed by atoms with E-state index in [0.717, 1.165) is 38.3 Å². The Morgan fingerprint density at radius 1 is 0.974 bits per heavy atom. The summed E-state index contributed by atoms with van der Waals surface area (Å²) in [4.78, 5) is 24.5. The van der Waals surface area contributed by atoms with Gasteiger partial charge in [-0.1, -0.05) is 46.3 Å². The third-order valence-electron chi connectivity index (χ3n) is 6.38. The smallest absolute Gasteiger partial charge is 0.303 e. The fourth-order valence-electron chi connectivity index (χ4n) is 4.45. The molecule has 0 spiro atoms. The maximum Gasteiger partial charge on any atom is 0.303 e. The van der Waals surface area contributed by atoms with Crippen molar-refractivity contribution in [3.63, 3.8) is 0 Å². The molecule has 2 heterocycles. The largest absolute Gasteiger partial charge is 0.497 e. The number of rotatable bonds is 8. The Morgan fingerprint density at radius 3 is 2.32 bits per heavy atom. The normalized spacial score (nSPS) is 14.8. The second-order valence-electron chi connectivity index (χ2n) is 8.85. The number of aromatic nitrogens is 2. The maximum absolute atomic E-state index is 13.3. The van der Waals surface area contributed by atoms with E-state index in [0.29, 0.717) is 12.1 Å². The minimum atomic E-state index is -1.03. The van der Waals surface area contributed by atoms with Gasteiger partial charge in [0.15, 0.2) is 0 Å². The topological polar surface area (TPSA) is 97.0 Å². The number of hydrogen-bond acceptors (Lipinski definition) is 5. The van der Waals surface area contributed by atoms with E-state index in [1.165, 1.54) is 5.01 Å². The zero-order valence-corrected chi connectivity index (χ0v) is 22.2. The van der Waals surface area contributed by atoms with Gasteiger partial charge in [0.2, 0.25) is 5.91 Å². The average molecular weight is 573 g/mol. The number of benzene rings is 3. The van der Waals surface area contributed by atoms with Crippen LogP contribution in [0.1, 0.15) is 36.4 Å². The number of ether oxygens (including phenoxy) is 1. The number of halogens is 1. The van der Waals surface area contributed by atoms with Gasteiger partial charge in [-0.3, -0.25) is 9.59 Å². The van der Waals surface area contributed by atoms with E-state index in [2.05, 4.69) is 15.9 Å². The molecule has 9 heteroatoms. The highest BCUT2D eigenvalue weighted by atomic mass is 79.9. The van der Waals surface area contributed by atoms with E-state index in [1.807, 2.05) is 85.1 Å². The number of para-hydroxylation sites is 1. The SMILES string of the molecule is COc1ccc(-c2nn(-c3ccccc3)cc2C2CC(c3ccc(Br)cc3)=NN2C(=O)CCC(=O)O)cc1. The predicted molar refractivity (Wildman–Crippen MR) is 147 cm³/mol. The van der Waals surface area contributed by atoms with E-state index in [4.69, 9.17) is 14.9 Å². The molecule has 0 saturated heterocycles. The van der Waals surface area contributed by atoms with Crippen molar-refractivity contribution in [2.75, 3.05) is 7.11 Å². The van der Waals surface area contributed by atoms with Crippen LogP contribution >= 0.6 is 15.9 Å². The summed E-state index contributed by atoms with van der Waals surface area (Å²) in [6, 6.07) is 24.6. The van der Waals surface area contributed by atoms with Crippen molar-refractivity contribution >= 4 is 33.5 Å². The predicted octanol–water partition coefficient (Wildman–Crippen LogP) is 5.85. The fraction of sp³-hybridized carbons (Fsp3) is 0.172. The lowest BCUT2D eigenvalue weighted by atomic mass is 9.96. The minimum absolute atomic E-state index is 0.145. The first kappa shape index (κ1) is 25.4. The number of hydrogen-bond donors (Lipinski definition) is 1. The standard InChI is InChI=1S/C29H25BrN4O4/c1-38-23-13-9-20(10-14-23)29-24(18-33(32-29)22-5-3-2-4-6-22)26-17-25(19-7-11-21(30)12-8-19)31-34(26)27(35)15-16-28(36)37/h2-14,18,26H,15-17H2,1H3,(H,36,37). The van der Waals surface area contributed by atoms with Gasteiger partial charge in [-0.15, -0.1) is 0 Å². The van der Waals surface area contributed by atoms with Crippen molar-refractivity contribution < 1.29 is 19.4 Å². The highest BCUT2D eigenvalue weighted by molar-refractivity contribution is 9.10. The fourth-order valence-corrected chi connectivity index (χ4v) is 4.71. The Hall–Kier alpha value is -4.24. The Kier molecular flexibility index (Phi) is 7.37. The maximum atomic E-state index is 13.3. The van der Waals surface area contributed by atoms with E-state index >= 15 is 0 Å². The number of carboxylic acids is 1. The lowest BCUT2D eigenvalue weighted by molar-refractivity contribution is -0.141. The van der Waals surface area contributed by atoms with Crippen molar-refractivity contribution in [3.05, 3.63) is 101 Å². The molecule has 4 aromatic rings. The number of carboxylic acid groups (broad SMARTS) is 1. The molecule has 192 valence electrons. The van der Waals surface area contributed by atoms with E-state index in [9.17, 15) is 14.7 Å². The van der Waals surface area contributed by atoms with Gasteiger partial charge in [0.25, 0.3) is 0 Å². The monoisotopic (exact) mass is 572 g/mol. The van der Waals surface area contributed by atoms with Crippen LogP contribution in [0.15, 0.2) is 94.6 Å². The Morgan fingerprint density at radius 2 is 1.66 bits per heavy atom. The van der Waals surface area contributed by atoms with Gasteiger partial charge in [0.05, 0.1) is 36.7 Å². The van der Waals surface area contributed by atoms with Crippen molar-refractivity contribution in [2.24, 2.45) is 5.10 Å². The molecule has 5 rings (SSSR count). The summed E-state index contributed by atoms with van der Waals surface area (Å²) >= 11 is 3.46. The highest BCUT2D eigenvalue weighted by Crippen LogP contribution is 2.39. The first-order chi connectivity index (χ1) is 18.4. The van der Waals surface area contributed by atoms with Crippen LogP contribution in [-0.4, -0.2) is 44.6 Å². The molecular formula is C29H25BrN4O4. The lowest BCUT2D eigenvalue weighted by Crippen LogP contribution is -2.27. The molecule has 0 saturated carbocycles. The minimum Gasteiger partial charge on any atom is -0.497 e. The third kappa shape index (κ3) is 5.38. The first-order valence-corrected chi connectivity index (χ1v) is 12.9. The van der Waals surface area contributed by atoms with Crippen molar-refractivity contribution in [1.82, 2.24) is 14.8 Å². The molecule has 3 aromatic carbocycles. The van der Waals surface area contributed by atoms with Crippen LogP contribution in [0.2, 0.25) is 0 Å². The molecule has 8 nitrogen and oxygen atoms in total. The summed E-state index contributed by atoms with van der Waals surface area (Å²) < 4.78 is 8.07. The molecule has 0 aliphatic carbocycles. The van der Waals surface area contributed by atoms with Gasteiger partial charge in [-0.05, 0) is 54.1 Å². The number of aliphatic carboxylic acids is 1. The molecule has 1 unspecified atom stereocenters. The van der Waals surface area contributed by atoms with E-state index in [1.54, 1.807) is 11.8 Å². The average Bonchev–Trinajstić information content (AvgIpc) is 3.58. The molecule has 1 N–H and O–H groups in total. The van der Waals surface area contributed by atoms with Crippen molar-refractivity contribution in [2.45, 2.75) is 25.3 Å². The summed E-state index contributed by atoms with van der Waals surface area (Å²) in [5.41, 5.74) is 4.92. The second-order valence-corrected chi connectivity index (χ2v) is 9.76. The summed E-state index contributed by atoms with van der Waals surface area (Å²) in [5.74, 6) is -0.648. The van der Waals surface area contributed by atoms with Crippen molar-refractivity contribution in [3.8, 4) is 22.7 Å². The van der Waals surface area contributed by atoms with Gasteiger partial charge >= 0.3 is 5.97 Å². The first-order valence-electron chi connectivity index (χ1n) is 12.1. The Bertz CT molecular complexity index is 1480. The number of carbonyl (C=O) groups is 2. The molecule has 1 aromatic heterocycles. The molecule has 1 aliphatic rings. The van der Waals surface area contributed by atoms with Crippen molar-refractivity contribution in [1.29, 1.82) is 0 Å². The van der Waals surface area contributed by atoms with Crippen LogP contribution < -0.4 is 4.74 Å². The summed E-state index contributed by atoms with van der Waals surface area (Å²) in [6.07, 6.45) is 1.98. The second kappa shape index (κ2) is 11.0. The summed E-state index contributed by atoms with van der Waals surface area (Å²) in [7, 11) is 1.62. The van der Waals surface area contributed by atoms with E-state index < -0.39 is 12.0 Å². The van der Waals surface area contributed by atoms with Gasteiger partial charge in [0, 0.05) is 34.6 Å². The van der Waals surface area contributed by atoms with Crippen LogP contribution in [0.25, 0.3) is 16.9 Å². The zero-order chi connectivity index (χ0) is 26.6. The van der Waals surface area contributed by atoms with Crippen LogP contribution in [0.3, 0.4) is 0 Å². The molecule has 0 radical (unpaired) electrons. The molecule has 1 aliphatic heterocycles. The number of hydrazone groups is 1. The number of carbonyl (C=O) groups excluding carboxylic acids is 1. The quantitative estimate of drug-likeness (QED) is 0.285. The highest BCUT2D eigenvalue weighted by Gasteiger charge is 2.36. The van der Waals surface area contributed by atoms with Gasteiger partial charge in [-0.2, -0.15) is 10.2 Å². The van der Waals surface area contributed by atoms with Crippen LogP contribution in [0.4, 0.5) is 0 Å². The van der Waals surface area contributed by atoms with Crippen LogP contribution in [-0.2, 0) is 9.59 Å². The van der Waals surface area contributed by atoms with Gasteiger partial charge in [-0.25, -0.2) is 9.69 Å². The third-order valence-corrected chi connectivity index (χ3v) is 6.91. The zero-order valence-electron chi connectivity index (χ0n) is 20.6. The van der Waals surface area contributed by atoms with Gasteiger partial charge < -0.3 is 9.84 Å². The molecular weight excluding hydrogens is 548 g/mol. The molecule has 0 fully saturated rings. The Balaban J connectivity index is 1.60. The molecule has 0 bridgehead atoms. The number of nitrogens with zero attached hydrogens (tertiary/aromatic N) is 4. The van der Waals surface area contributed by atoms with E-state index in [-0.39, 0.29) is 18.7 Å². The van der Waals surface area contributed by atoms with Gasteiger partial charge in [0.1, 0.15) is 5.75 Å². The van der Waals surface area contributed by atoms with Crippen LogP contribution in [0.5, 0.6) is 5.75 Å². The Labute approximate surface area is 228 Å². The molecule has 1 atom stereocenters. The summed E-state index contributed by atoms with van der Waals surface area (Å²) in [6.45, 7) is 0.